The van der Waals surface area contributed by atoms with Crippen LogP contribution in [0.4, 0.5) is 0 Å². The maximum Gasteiger partial charge on any atom is 0.251 e. The van der Waals surface area contributed by atoms with Gasteiger partial charge in [-0.2, -0.15) is 0 Å². The number of nitrogens with one attached hydrogen (secondary N) is 1. The quantitative estimate of drug-likeness (QED) is 0.568. The van der Waals surface area contributed by atoms with Crippen molar-refractivity contribution in [3.8, 4) is 5.75 Å². The van der Waals surface area contributed by atoms with Crippen molar-refractivity contribution in [2.75, 3.05) is 0 Å². The van der Waals surface area contributed by atoms with Gasteiger partial charge in [0.15, 0.2) is 0 Å². The summed E-state index contributed by atoms with van der Waals surface area (Å²) in [7, 11) is 0. The van der Waals surface area contributed by atoms with Crippen LogP contribution in [0.2, 0.25) is 10.0 Å². The van der Waals surface area contributed by atoms with Crippen LogP contribution in [-0.4, -0.2) is 21.6 Å². The number of amides is 1. The number of hydrogen-bond acceptors (Lipinski definition) is 3. The maximum atomic E-state index is 12.8. The topological polar surface area (TPSA) is 56.2 Å². The molecule has 1 heterocycles. The molecule has 1 aromatic heterocycles. The van der Waals surface area contributed by atoms with Crippen molar-refractivity contribution < 1.29 is 9.53 Å². The van der Waals surface area contributed by atoms with E-state index in [-0.39, 0.29) is 12.0 Å². The van der Waals surface area contributed by atoms with Crippen LogP contribution in [0.25, 0.3) is 0 Å². The number of aromatic nitrogens is 2. The molecule has 0 unspecified atom stereocenters. The minimum Gasteiger partial charge on any atom is -0.490 e. The standard InChI is InChI=1S/C22H21Cl2N3O2/c23-20-5-4-15(10-21(20)24)12-26-22(28)17-8-16(13-27-7-6-25-14-27)9-19(11-17)29-18-2-1-3-18/h4-11,14,18H,1-3,12-13H2,(H,26,28). The van der Waals surface area contributed by atoms with Crippen molar-refractivity contribution in [3.05, 3.63) is 81.9 Å². The summed E-state index contributed by atoms with van der Waals surface area (Å²) < 4.78 is 8.01. The number of rotatable bonds is 7. The lowest BCUT2D eigenvalue weighted by Crippen LogP contribution is -2.26. The summed E-state index contributed by atoms with van der Waals surface area (Å²) in [6, 6.07) is 11.0. The predicted octanol–water partition coefficient (Wildman–Crippen LogP) is 5.10. The molecule has 0 radical (unpaired) electrons. The molecule has 29 heavy (non-hydrogen) atoms. The lowest BCUT2D eigenvalue weighted by molar-refractivity contribution is 0.0947. The van der Waals surface area contributed by atoms with Gasteiger partial charge < -0.3 is 14.6 Å². The van der Waals surface area contributed by atoms with Crippen LogP contribution in [0, 0.1) is 0 Å². The minimum atomic E-state index is -0.165. The van der Waals surface area contributed by atoms with E-state index in [1.165, 1.54) is 6.42 Å². The summed E-state index contributed by atoms with van der Waals surface area (Å²) in [6.45, 7) is 0.981. The number of hydrogen-bond donors (Lipinski definition) is 1. The molecule has 1 saturated carbocycles. The molecule has 1 amide bonds. The Bertz CT molecular complexity index is 1000. The number of halogens is 2. The van der Waals surface area contributed by atoms with Gasteiger partial charge >= 0.3 is 0 Å². The molecule has 2 aromatic carbocycles. The zero-order valence-electron chi connectivity index (χ0n) is 15.8. The normalized spacial score (nSPS) is 13.7. The summed E-state index contributed by atoms with van der Waals surface area (Å²) in [4.78, 5) is 16.9. The number of carbonyl (C=O) groups is 1. The fraction of sp³-hybridized carbons (Fsp3) is 0.273. The van der Waals surface area contributed by atoms with Gasteiger partial charge in [-0.15, -0.1) is 0 Å². The Hall–Kier alpha value is -2.50. The molecule has 3 aromatic rings. The number of imidazole rings is 1. The van der Waals surface area contributed by atoms with Gasteiger partial charge in [-0.25, -0.2) is 4.98 Å². The van der Waals surface area contributed by atoms with Gasteiger partial charge in [-0.1, -0.05) is 29.3 Å². The second-order valence-corrected chi connectivity index (χ2v) is 8.02. The molecule has 0 saturated heterocycles. The molecule has 1 aliphatic rings. The van der Waals surface area contributed by atoms with Gasteiger partial charge in [0.2, 0.25) is 0 Å². The molecular weight excluding hydrogens is 409 g/mol. The van der Waals surface area contributed by atoms with E-state index in [1.54, 1.807) is 30.7 Å². The molecule has 1 fully saturated rings. The largest absolute Gasteiger partial charge is 0.490 e. The van der Waals surface area contributed by atoms with Gasteiger partial charge in [0.25, 0.3) is 5.91 Å². The summed E-state index contributed by atoms with van der Waals surface area (Å²) >= 11 is 12.0. The summed E-state index contributed by atoms with van der Waals surface area (Å²) in [5.74, 6) is 0.564. The monoisotopic (exact) mass is 429 g/mol. The van der Waals surface area contributed by atoms with E-state index in [4.69, 9.17) is 27.9 Å². The zero-order chi connectivity index (χ0) is 20.2. The van der Waals surface area contributed by atoms with Gasteiger partial charge in [-0.05, 0) is 60.7 Å². The van der Waals surface area contributed by atoms with Crippen molar-refractivity contribution in [1.29, 1.82) is 0 Å². The summed E-state index contributed by atoms with van der Waals surface area (Å²) in [6.07, 6.45) is 8.93. The van der Waals surface area contributed by atoms with E-state index in [2.05, 4.69) is 10.3 Å². The van der Waals surface area contributed by atoms with Gasteiger partial charge in [-0.3, -0.25) is 4.79 Å². The Kier molecular flexibility index (Phi) is 6.07. The molecule has 1 N–H and O–H groups in total. The fourth-order valence-corrected chi connectivity index (χ4v) is 3.48. The number of ether oxygens (including phenoxy) is 1. The van der Waals surface area contributed by atoms with Crippen LogP contribution in [0.3, 0.4) is 0 Å². The molecular formula is C22H21Cl2N3O2. The Labute approximate surface area is 179 Å². The molecule has 0 bridgehead atoms. The first-order valence-electron chi connectivity index (χ1n) is 9.55. The molecule has 5 nitrogen and oxygen atoms in total. The van der Waals surface area contributed by atoms with Crippen LogP contribution >= 0.6 is 23.2 Å². The van der Waals surface area contributed by atoms with Crippen LogP contribution in [0.1, 0.15) is 40.7 Å². The molecule has 0 spiro atoms. The SMILES string of the molecule is O=C(NCc1ccc(Cl)c(Cl)c1)c1cc(Cn2ccnc2)cc(OC2CCC2)c1. The number of carbonyl (C=O) groups excluding carboxylic acids is 1. The first kappa shape index (κ1) is 19.8. The molecule has 0 aliphatic heterocycles. The lowest BCUT2D eigenvalue weighted by Gasteiger charge is -2.26. The molecule has 7 heteroatoms. The van der Waals surface area contributed by atoms with Crippen LogP contribution < -0.4 is 10.1 Å². The van der Waals surface area contributed by atoms with Crippen molar-refractivity contribution in [1.82, 2.24) is 14.9 Å². The Morgan fingerprint density at radius 2 is 2.00 bits per heavy atom. The predicted molar refractivity (Wildman–Crippen MR) is 114 cm³/mol. The van der Waals surface area contributed by atoms with E-state index in [0.717, 1.165) is 29.7 Å². The highest BCUT2D eigenvalue weighted by molar-refractivity contribution is 6.42. The van der Waals surface area contributed by atoms with Crippen molar-refractivity contribution in [3.63, 3.8) is 0 Å². The van der Waals surface area contributed by atoms with Gasteiger partial charge in [0.05, 0.1) is 22.5 Å². The Morgan fingerprint density at radius 1 is 1.14 bits per heavy atom. The average Bonchev–Trinajstić information content (AvgIpc) is 3.18. The minimum absolute atomic E-state index is 0.165. The third-order valence-corrected chi connectivity index (χ3v) is 5.68. The van der Waals surface area contributed by atoms with Crippen LogP contribution in [-0.2, 0) is 13.1 Å². The molecule has 0 atom stereocenters. The second kappa shape index (κ2) is 8.89. The summed E-state index contributed by atoms with van der Waals surface area (Å²) in [5.41, 5.74) is 2.43. The zero-order valence-corrected chi connectivity index (χ0v) is 17.3. The highest BCUT2D eigenvalue weighted by atomic mass is 35.5. The maximum absolute atomic E-state index is 12.8. The van der Waals surface area contributed by atoms with E-state index in [1.807, 2.05) is 29.0 Å². The highest BCUT2D eigenvalue weighted by Gasteiger charge is 2.20. The third kappa shape index (κ3) is 5.11. The van der Waals surface area contributed by atoms with E-state index in [9.17, 15) is 4.79 Å². The van der Waals surface area contributed by atoms with Crippen molar-refractivity contribution >= 4 is 29.1 Å². The van der Waals surface area contributed by atoms with E-state index < -0.39 is 0 Å². The van der Waals surface area contributed by atoms with E-state index >= 15 is 0 Å². The molecule has 150 valence electrons. The van der Waals surface area contributed by atoms with Gasteiger partial charge in [0.1, 0.15) is 5.75 Å². The number of nitrogens with zero attached hydrogens (tertiary/aromatic N) is 2. The first-order valence-corrected chi connectivity index (χ1v) is 10.3. The summed E-state index contributed by atoms with van der Waals surface area (Å²) in [5, 5.41) is 3.90. The number of benzene rings is 2. The Balaban J connectivity index is 1.50. The van der Waals surface area contributed by atoms with Crippen LogP contribution in [0.15, 0.2) is 55.1 Å². The van der Waals surface area contributed by atoms with Crippen molar-refractivity contribution in [2.45, 2.75) is 38.5 Å². The average molecular weight is 430 g/mol. The van der Waals surface area contributed by atoms with Crippen molar-refractivity contribution in [2.24, 2.45) is 0 Å². The fourth-order valence-electron chi connectivity index (χ4n) is 3.16. The van der Waals surface area contributed by atoms with Gasteiger partial charge in [0, 0.05) is 31.0 Å². The lowest BCUT2D eigenvalue weighted by atomic mass is 9.96. The highest BCUT2D eigenvalue weighted by Crippen LogP contribution is 2.27. The second-order valence-electron chi connectivity index (χ2n) is 7.20. The third-order valence-electron chi connectivity index (χ3n) is 4.94. The first-order chi connectivity index (χ1) is 14.1. The molecule has 4 rings (SSSR count). The van der Waals surface area contributed by atoms with Crippen LogP contribution in [0.5, 0.6) is 5.75 Å². The Morgan fingerprint density at radius 3 is 2.69 bits per heavy atom. The molecule has 1 aliphatic carbocycles. The van der Waals surface area contributed by atoms with E-state index in [0.29, 0.717) is 28.7 Å². The smallest absolute Gasteiger partial charge is 0.251 e.